The van der Waals surface area contributed by atoms with E-state index < -0.39 is 21.5 Å². The van der Waals surface area contributed by atoms with Crippen LogP contribution in [0.1, 0.15) is 94.7 Å². The average molecular weight is 1300 g/mol. The molecule has 2 aliphatic carbocycles. The Bertz CT molecular complexity index is 4790. The minimum atomic E-state index is -5.92. The number of hydrogen-bond donors (Lipinski definition) is 0. The Kier molecular flexibility index (Phi) is 14.6. The standard InChI is InChI=1S/2C42H33.C2H7Si.2ClH.Zr/c2*1-2-3-4-13-28-24-39-37(41-33-18-9-5-14-29(33)26-30-15-6-10-19-34(30)41)22-23-38(40(39)25-28)42-35-20-11-7-16-31(35)27-32-17-8-12-21-36(32)42;1-3-2;;;/h2*5-12,14-27H,2-4,13H2,1H3;3H,1-2H3;2*1H;/q;;;;;+2/p-2. The van der Waals surface area contributed by atoms with Gasteiger partial charge in [-0.3, -0.25) is 0 Å². The molecule has 439 valence electrons. The predicted octanol–water partition coefficient (Wildman–Crippen LogP) is 26.3. The van der Waals surface area contributed by atoms with Crippen molar-refractivity contribution in [1.29, 1.82) is 0 Å². The van der Waals surface area contributed by atoms with E-state index in [4.69, 9.17) is 0 Å². The van der Waals surface area contributed by atoms with Gasteiger partial charge in [-0.1, -0.05) is 0 Å². The maximum atomic E-state index is 10.1. The average Bonchev–Trinajstić information content (AvgIpc) is 1.50. The molecule has 2 unspecified atom stereocenters. The summed E-state index contributed by atoms with van der Waals surface area (Å²) in [5, 5.41) is 20.0. The summed E-state index contributed by atoms with van der Waals surface area (Å²) in [4.78, 5) is 0. The molecule has 14 aromatic rings. The molecule has 0 amide bonds. The molecule has 0 radical (unpaired) electrons. The number of halogens is 2. The van der Waals surface area contributed by atoms with Gasteiger partial charge in [-0.05, 0) is 0 Å². The van der Waals surface area contributed by atoms with Gasteiger partial charge >= 0.3 is 543 Å². The summed E-state index contributed by atoms with van der Waals surface area (Å²) in [7, 11) is 20.3. The Labute approximate surface area is 538 Å². The van der Waals surface area contributed by atoms with Crippen molar-refractivity contribution >= 4 is 121 Å². The zero-order valence-corrected chi connectivity index (χ0v) is 57.0. The number of allylic oxidation sites excluding steroid dienone is 2. The second kappa shape index (κ2) is 22.9. The molecular weight excluding hydrogens is 1220 g/mol. The molecule has 0 saturated carbocycles. The molecule has 0 aromatic heterocycles. The van der Waals surface area contributed by atoms with Crippen LogP contribution in [0.5, 0.6) is 0 Å². The fourth-order valence-corrected chi connectivity index (χ4v) is 48.1. The molecule has 0 saturated heterocycles. The monoisotopic (exact) mass is 1290 g/mol. The van der Waals surface area contributed by atoms with Crippen LogP contribution in [0.15, 0.2) is 254 Å². The Morgan fingerprint density at radius 3 is 0.789 bits per heavy atom. The molecule has 0 aliphatic heterocycles. The van der Waals surface area contributed by atoms with Gasteiger partial charge < -0.3 is 0 Å². The van der Waals surface area contributed by atoms with Crippen LogP contribution in [-0.4, -0.2) is 5.92 Å². The van der Waals surface area contributed by atoms with Gasteiger partial charge in [0.1, 0.15) is 0 Å². The number of fused-ring (bicyclic) bond motifs is 10. The van der Waals surface area contributed by atoms with Gasteiger partial charge in [-0.15, -0.1) is 0 Å². The van der Waals surface area contributed by atoms with E-state index in [-0.39, 0.29) is 7.25 Å². The van der Waals surface area contributed by atoms with Crippen LogP contribution in [-0.2, 0) is 15.6 Å². The molecule has 0 spiro atoms. The molecule has 0 nitrogen and oxygen atoms in total. The quantitative estimate of drug-likeness (QED) is 0.0545. The topological polar surface area (TPSA) is 0 Å². The number of unbranched alkanes of at least 4 members (excludes halogenated alkanes) is 4. The first-order chi connectivity index (χ1) is 44.1. The third-order valence-corrected chi connectivity index (χ3v) is 72.8. The Morgan fingerprint density at radius 1 is 0.311 bits per heavy atom. The van der Waals surface area contributed by atoms with Crippen LogP contribution in [0.3, 0.4) is 0 Å². The van der Waals surface area contributed by atoms with Crippen LogP contribution in [0.4, 0.5) is 0 Å². The summed E-state index contributed by atoms with van der Waals surface area (Å²) >= 11 is -5.92. The molecular formula is C86H73Cl2SiZr. The molecule has 2 atom stereocenters. The van der Waals surface area contributed by atoms with Crippen LogP contribution < -0.4 is 0 Å². The van der Waals surface area contributed by atoms with E-state index in [1.54, 1.807) is 0 Å². The third kappa shape index (κ3) is 9.05. The van der Waals surface area contributed by atoms with Crippen LogP contribution in [0.2, 0.25) is 13.1 Å². The fourth-order valence-electron chi connectivity index (χ4n) is 16.9. The summed E-state index contributed by atoms with van der Waals surface area (Å²) in [6, 6.07) is 92.2. The molecule has 90 heavy (non-hydrogen) atoms. The fraction of sp³-hybridized carbons (Fsp3) is 0.163. The van der Waals surface area contributed by atoms with Crippen molar-refractivity contribution in [2.75, 3.05) is 0 Å². The van der Waals surface area contributed by atoms with Gasteiger partial charge in [0.25, 0.3) is 0 Å². The van der Waals surface area contributed by atoms with Crippen molar-refractivity contribution < 1.29 is 15.6 Å². The van der Waals surface area contributed by atoms with Crippen LogP contribution in [0, 0.1) is 0 Å². The van der Waals surface area contributed by atoms with E-state index in [0.717, 1.165) is 51.4 Å². The van der Waals surface area contributed by atoms with E-state index >= 15 is 0 Å². The Balaban J connectivity index is 1.08. The first-order valence-electron chi connectivity index (χ1n) is 33.1. The zero-order chi connectivity index (χ0) is 60.9. The first kappa shape index (κ1) is 57.5. The van der Waals surface area contributed by atoms with E-state index in [1.807, 2.05) is 0 Å². The molecule has 2 aliphatic rings. The SMILES string of the molecule is CCCCCC1=Cc2c(-c3c4ccccc4cc4ccccc34)ccc(-c3c4ccccc4cc4ccccc34)c2[CH]1[Zr]([Cl])([Cl])([CH]1C(CCCCC)=Cc2c(-c3c4ccccc4cc4ccccc34)ccc(-c3c4ccccc4cc4ccccc34)c21)[SiH](C)C. The molecule has 4 heteroatoms. The second-order valence-corrected chi connectivity index (χ2v) is 68.9. The molecule has 14 aromatic carbocycles. The van der Waals surface area contributed by atoms with E-state index in [2.05, 4.69) is 282 Å². The summed E-state index contributed by atoms with van der Waals surface area (Å²) in [5.41, 5.74) is 18.3. The van der Waals surface area contributed by atoms with Gasteiger partial charge in [0.2, 0.25) is 0 Å². The van der Waals surface area contributed by atoms with Gasteiger partial charge in [0, 0.05) is 0 Å². The second-order valence-electron chi connectivity index (χ2n) is 26.4. The van der Waals surface area contributed by atoms with E-state index in [1.165, 1.54) is 164 Å². The van der Waals surface area contributed by atoms with Crippen molar-refractivity contribution in [1.82, 2.24) is 0 Å². The Hall–Kier alpha value is -7.68. The summed E-state index contributed by atoms with van der Waals surface area (Å²) in [6.07, 6.45) is 13.9. The van der Waals surface area contributed by atoms with Crippen molar-refractivity contribution in [2.24, 2.45) is 0 Å². The first-order valence-corrected chi connectivity index (χ1v) is 49.4. The normalized spacial score (nSPS) is 15.4. The minimum absolute atomic E-state index is 0.202. The van der Waals surface area contributed by atoms with Crippen molar-refractivity contribution in [3.63, 3.8) is 0 Å². The van der Waals surface area contributed by atoms with Crippen molar-refractivity contribution in [3.8, 4) is 44.5 Å². The van der Waals surface area contributed by atoms with E-state index in [0.29, 0.717) is 0 Å². The predicted molar refractivity (Wildman–Crippen MR) is 395 cm³/mol. The van der Waals surface area contributed by atoms with Gasteiger partial charge in [-0.2, -0.15) is 0 Å². The molecule has 0 N–H and O–H groups in total. The van der Waals surface area contributed by atoms with Gasteiger partial charge in [-0.25, -0.2) is 0 Å². The van der Waals surface area contributed by atoms with Crippen LogP contribution in [0.25, 0.3) is 143 Å². The van der Waals surface area contributed by atoms with Crippen LogP contribution >= 0.6 is 17.0 Å². The number of hydrogen-bond acceptors (Lipinski definition) is 0. The molecule has 0 fully saturated rings. The van der Waals surface area contributed by atoms with Gasteiger partial charge in [0.15, 0.2) is 0 Å². The summed E-state index contributed by atoms with van der Waals surface area (Å²) in [5.74, 6) is -2.21. The molecule has 0 bridgehead atoms. The molecule has 16 rings (SSSR count). The summed E-state index contributed by atoms with van der Waals surface area (Å²) in [6.45, 7) is 9.85. The van der Waals surface area contributed by atoms with E-state index in [9.17, 15) is 17.0 Å². The zero-order valence-electron chi connectivity index (χ0n) is 51.9. The third-order valence-electron chi connectivity index (χ3n) is 21.1. The van der Waals surface area contributed by atoms with Crippen molar-refractivity contribution in [2.45, 2.75) is 85.6 Å². The molecule has 0 heterocycles. The maximum absolute atomic E-state index is 10.1. The summed E-state index contributed by atoms with van der Waals surface area (Å²) < 4.78 is -0.404. The number of benzene rings is 14. The Morgan fingerprint density at radius 2 is 0.544 bits per heavy atom. The van der Waals surface area contributed by atoms with Crippen molar-refractivity contribution in [3.05, 3.63) is 276 Å². The number of rotatable bonds is 15. The van der Waals surface area contributed by atoms with Gasteiger partial charge in [0.05, 0.1) is 0 Å².